The summed E-state index contributed by atoms with van der Waals surface area (Å²) >= 11 is 1.62. The van der Waals surface area contributed by atoms with Gasteiger partial charge in [0.05, 0.1) is 17.8 Å². The molecule has 0 atom stereocenters. The van der Waals surface area contributed by atoms with Crippen LogP contribution >= 0.6 is 11.8 Å². The molecule has 0 spiro atoms. The third-order valence-electron chi connectivity index (χ3n) is 6.99. The number of aryl methyl sites for hydroxylation is 2. The third kappa shape index (κ3) is 5.05. The smallest absolute Gasteiger partial charge is 0.252 e. The lowest BCUT2D eigenvalue weighted by atomic mass is 9.98. The van der Waals surface area contributed by atoms with E-state index in [4.69, 9.17) is 4.98 Å². The lowest BCUT2D eigenvalue weighted by molar-refractivity contribution is 0.785. The molecular formula is C32H28N6OS. The summed E-state index contributed by atoms with van der Waals surface area (Å²) in [7, 11) is 0. The van der Waals surface area contributed by atoms with Crippen molar-refractivity contribution >= 4 is 22.7 Å². The molecule has 6 rings (SSSR count). The predicted molar refractivity (Wildman–Crippen MR) is 159 cm³/mol. The Morgan fingerprint density at radius 2 is 1.60 bits per heavy atom. The first-order valence-corrected chi connectivity index (χ1v) is 14.2. The number of pyridine rings is 2. The molecule has 6 aromatic rings. The Bertz CT molecular complexity index is 1830. The average molecular weight is 545 g/mol. The number of fused-ring (bicyclic) bond motifs is 1. The van der Waals surface area contributed by atoms with E-state index in [1.165, 1.54) is 0 Å². The van der Waals surface area contributed by atoms with Gasteiger partial charge in [-0.15, -0.1) is 5.10 Å². The van der Waals surface area contributed by atoms with Crippen molar-refractivity contribution in [3.8, 4) is 22.5 Å². The SMILES string of the molecule is CCc1cc2c(c(Sc3ccccc3)cc(=O)n2Cc2ccc(-c3ccccc3-c3nnn[nH]3)cc2)c(CC)n1. The zero-order valence-corrected chi connectivity index (χ0v) is 23.2. The van der Waals surface area contributed by atoms with E-state index < -0.39 is 0 Å². The summed E-state index contributed by atoms with van der Waals surface area (Å²) in [5.74, 6) is 0.623. The number of hydrogen-bond donors (Lipinski definition) is 1. The molecule has 8 heteroatoms. The van der Waals surface area contributed by atoms with Gasteiger partial charge in [0.2, 0.25) is 0 Å². The molecule has 3 aromatic carbocycles. The summed E-state index contributed by atoms with van der Waals surface area (Å²) < 4.78 is 1.88. The molecule has 7 nitrogen and oxygen atoms in total. The van der Waals surface area contributed by atoms with Crippen molar-refractivity contribution in [1.29, 1.82) is 0 Å². The molecule has 0 aliphatic rings. The molecule has 0 saturated carbocycles. The monoisotopic (exact) mass is 544 g/mol. The van der Waals surface area contributed by atoms with Crippen LogP contribution < -0.4 is 5.56 Å². The van der Waals surface area contributed by atoms with Gasteiger partial charge in [0.1, 0.15) is 0 Å². The van der Waals surface area contributed by atoms with Crippen LogP contribution in [0, 0.1) is 0 Å². The van der Waals surface area contributed by atoms with E-state index in [-0.39, 0.29) is 5.56 Å². The summed E-state index contributed by atoms with van der Waals surface area (Å²) in [5, 5.41) is 15.4. The molecule has 0 aliphatic heterocycles. The van der Waals surface area contributed by atoms with Crippen LogP contribution in [0.1, 0.15) is 30.8 Å². The Morgan fingerprint density at radius 3 is 2.30 bits per heavy atom. The molecule has 0 radical (unpaired) electrons. The zero-order valence-electron chi connectivity index (χ0n) is 22.3. The van der Waals surface area contributed by atoms with Crippen molar-refractivity contribution in [2.24, 2.45) is 0 Å². The summed E-state index contributed by atoms with van der Waals surface area (Å²) in [6.45, 7) is 4.69. The van der Waals surface area contributed by atoms with E-state index in [0.717, 1.165) is 67.2 Å². The molecule has 0 bridgehead atoms. The molecule has 3 heterocycles. The number of aromatic amines is 1. The maximum Gasteiger partial charge on any atom is 0.252 e. The molecule has 0 amide bonds. The minimum absolute atomic E-state index is 0.0199. The van der Waals surface area contributed by atoms with E-state index in [2.05, 4.69) is 83.0 Å². The van der Waals surface area contributed by atoms with Gasteiger partial charge in [0, 0.05) is 32.5 Å². The Kier molecular flexibility index (Phi) is 7.25. The number of rotatable bonds is 8. The number of H-pyrrole nitrogens is 1. The van der Waals surface area contributed by atoms with E-state index in [1.54, 1.807) is 17.8 Å². The van der Waals surface area contributed by atoms with Gasteiger partial charge >= 0.3 is 0 Å². The average Bonchev–Trinajstić information content (AvgIpc) is 3.54. The van der Waals surface area contributed by atoms with Crippen LogP contribution in [0.25, 0.3) is 33.4 Å². The third-order valence-corrected chi connectivity index (χ3v) is 8.04. The molecule has 0 fully saturated rings. The summed E-state index contributed by atoms with van der Waals surface area (Å²) in [4.78, 5) is 20.6. The number of nitrogens with one attached hydrogen (secondary N) is 1. The lowest BCUT2D eigenvalue weighted by Gasteiger charge is -2.17. The second kappa shape index (κ2) is 11.3. The molecule has 40 heavy (non-hydrogen) atoms. The molecule has 3 aromatic heterocycles. The minimum atomic E-state index is -0.0199. The van der Waals surface area contributed by atoms with Crippen molar-refractivity contribution < 1.29 is 0 Å². The van der Waals surface area contributed by atoms with Crippen LogP contribution in [-0.2, 0) is 19.4 Å². The fraction of sp³-hybridized carbons (Fsp3) is 0.156. The van der Waals surface area contributed by atoms with E-state index in [9.17, 15) is 4.79 Å². The highest BCUT2D eigenvalue weighted by Crippen LogP contribution is 2.35. The van der Waals surface area contributed by atoms with Crippen LogP contribution in [0.2, 0.25) is 0 Å². The molecular weight excluding hydrogens is 516 g/mol. The molecule has 0 saturated heterocycles. The predicted octanol–water partition coefficient (Wildman–Crippen LogP) is 6.57. The summed E-state index contributed by atoms with van der Waals surface area (Å²) in [5.41, 5.74) is 6.99. The number of aromatic nitrogens is 6. The Balaban J connectivity index is 1.41. The second-order valence-electron chi connectivity index (χ2n) is 9.50. The highest BCUT2D eigenvalue weighted by molar-refractivity contribution is 7.99. The standard InChI is InChI=1S/C32H28N6OS/c1-3-23-18-28-31(27(4-2)33-23)29(40-24-10-6-5-7-11-24)19-30(39)38(28)20-21-14-16-22(17-15-21)25-12-8-9-13-26(25)32-34-36-37-35-32/h5-19H,3-4,20H2,1-2H3,(H,34,35,36,37). The zero-order chi connectivity index (χ0) is 27.5. The van der Waals surface area contributed by atoms with Gasteiger partial charge in [-0.3, -0.25) is 9.78 Å². The number of tetrazole rings is 1. The Morgan fingerprint density at radius 1 is 0.850 bits per heavy atom. The summed E-state index contributed by atoms with van der Waals surface area (Å²) in [6.07, 6.45) is 1.60. The topological polar surface area (TPSA) is 89.4 Å². The van der Waals surface area contributed by atoms with Gasteiger partial charge < -0.3 is 4.57 Å². The number of benzene rings is 3. The van der Waals surface area contributed by atoms with Gasteiger partial charge in [-0.1, -0.05) is 92.3 Å². The second-order valence-corrected chi connectivity index (χ2v) is 10.6. The quantitative estimate of drug-likeness (QED) is 0.233. The van der Waals surface area contributed by atoms with Gasteiger partial charge in [-0.2, -0.15) is 0 Å². The maximum atomic E-state index is 13.6. The maximum absolute atomic E-state index is 13.6. The molecule has 1 N–H and O–H groups in total. The highest BCUT2D eigenvalue weighted by Gasteiger charge is 2.16. The van der Waals surface area contributed by atoms with E-state index in [1.807, 2.05) is 41.0 Å². The van der Waals surface area contributed by atoms with E-state index >= 15 is 0 Å². The highest BCUT2D eigenvalue weighted by atomic mass is 32.2. The summed E-state index contributed by atoms with van der Waals surface area (Å²) in [6, 6.07) is 30.4. The van der Waals surface area contributed by atoms with Crippen LogP contribution in [-0.4, -0.2) is 30.2 Å². The number of hydrogen-bond acceptors (Lipinski definition) is 6. The fourth-order valence-corrected chi connectivity index (χ4v) is 6.02. The van der Waals surface area contributed by atoms with Gasteiger partial charge in [-0.25, -0.2) is 5.10 Å². The Labute approximate surface area is 236 Å². The van der Waals surface area contributed by atoms with Crippen molar-refractivity contribution in [2.45, 2.75) is 43.0 Å². The fourth-order valence-electron chi connectivity index (χ4n) is 4.98. The van der Waals surface area contributed by atoms with Gasteiger partial charge in [0.25, 0.3) is 5.56 Å². The normalized spacial score (nSPS) is 11.2. The van der Waals surface area contributed by atoms with Crippen LogP contribution in [0.5, 0.6) is 0 Å². The van der Waals surface area contributed by atoms with Crippen molar-refractivity contribution in [2.75, 3.05) is 0 Å². The number of nitrogens with zero attached hydrogens (tertiary/aromatic N) is 5. The van der Waals surface area contributed by atoms with Crippen LogP contribution in [0.15, 0.2) is 106 Å². The molecule has 0 unspecified atom stereocenters. The van der Waals surface area contributed by atoms with Gasteiger partial charge in [-0.05, 0) is 58.2 Å². The van der Waals surface area contributed by atoms with Crippen molar-refractivity contribution in [3.63, 3.8) is 0 Å². The van der Waals surface area contributed by atoms with Crippen molar-refractivity contribution in [1.82, 2.24) is 30.2 Å². The van der Waals surface area contributed by atoms with E-state index in [0.29, 0.717) is 12.4 Å². The van der Waals surface area contributed by atoms with Crippen LogP contribution in [0.4, 0.5) is 0 Å². The first kappa shape index (κ1) is 25.7. The molecule has 198 valence electrons. The Hall–Kier alpha value is -4.56. The van der Waals surface area contributed by atoms with Gasteiger partial charge in [0.15, 0.2) is 5.82 Å². The first-order valence-electron chi connectivity index (χ1n) is 13.4. The lowest BCUT2D eigenvalue weighted by Crippen LogP contribution is -2.21. The van der Waals surface area contributed by atoms with Crippen molar-refractivity contribution in [3.05, 3.63) is 118 Å². The molecule has 0 aliphatic carbocycles. The largest absolute Gasteiger partial charge is 0.304 e. The minimum Gasteiger partial charge on any atom is -0.304 e. The van der Waals surface area contributed by atoms with Crippen LogP contribution in [0.3, 0.4) is 0 Å². The first-order chi connectivity index (χ1) is 19.6.